The number of hydrogen-bond donors (Lipinski definition) is 0. The first kappa shape index (κ1) is 62.4. The molecule has 0 radical (unpaired) electrons. The largest absolute Gasteiger partial charge is 0.462 e. The van der Waals surface area contributed by atoms with Gasteiger partial charge in [0.25, 0.3) is 0 Å². The zero-order chi connectivity index (χ0) is 47.0. The van der Waals surface area contributed by atoms with E-state index in [1.807, 2.05) is 0 Å². The molecule has 64 heavy (non-hydrogen) atoms. The SMILES string of the molecule is CCC(C)CCCCCCCCCCCCCCCCCCCCC(=O)OC[C@@H](COC(=O)CCCCCCCCC(C)CC)OC(=O)CCCCCCCCCCCCC(C)CC. The van der Waals surface area contributed by atoms with E-state index in [9.17, 15) is 14.4 Å². The maximum atomic E-state index is 12.8. The number of carbonyl (C=O) groups excluding carboxylic acids is 3. The van der Waals surface area contributed by atoms with Gasteiger partial charge in [-0.1, -0.05) is 279 Å². The Balaban J connectivity index is 4.21. The van der Waals surface area contributed by atoms with Crippen LogP contribution in [0.2, 0.25) is 0 Å². The van der Waals surface area contributed by atoms with Gasteiger partial charge in [-0.3, -0.25) is 14.4 Å². The molecule has 4 atom stereocenters. The molecule has 0 rings (SSSR count). The zero-order valence-corrected chi connectivity index (χ0v) is 44.1. The van der Waals surface area contributed by atoms with Crippen molar-refractivity contribution in [2.75, 3.05) is 13.2 Å². The molecule has 0 aromatic rings. The van der Waals surface area contributed by atoms with Crippen LogP contribution < -0.4 is 0 Å². The summed E-state index contributed by atoms with van der Waals surface area (Å²) in [5.41, 5.74) is 0. The van der Waals surface area contributed by atoms with E-state index in [4.69, 9.17) is 14.2 Å². The van der Waals surface area contributed by atoms with Crippen molar-refractivity contribution < 1.29 is 28.6 Å². The van der Waals surface area contributed by atoms with Gasteiger partial charge in [0.15, 0.2) is 6.10 Å². The van der Waals surface area contributed by atoms with E-state index < -0.39 is 6.10 Å². The fraction of sp³-hybridized carbons (Fsp3) is 0.948. The van der Waals surface area contributed by atoms with E-state index in [-0.39, 0.29) is 31.1 Å². The van der Waals surface area contributed by atoms with E-state index in [0.717, 1.165) is 75.5 Å². The monoisotopic (exact) mass is 905 g/mol. The highest BCUT2D eigenvalue weighted by Gasteiger charge is 2.19. The number of esters is 3. The van der Waals surface area contributed by atoms with Gasteiger partial charge in [0.1, 0.15) is 13.2 Å². The van der Waals surface area contributed by atoms with Crippen molar-refractivity contribution in [3.63, 3.8) is 0 Å². The van der Waals surface area contributed by atoms with E-state index in [0.29, 0.717) is 19.3 Å². The molecule has 6 nitrogen and oxygen atoms in total. The van der Waals surface area contributed by atoms with Crippen LogP contribution in [0.4, 0.5) is 0 Å². The third kappa shape index (κ3) is 46.9. The van der Waals surface area contributed by atoms with Crippen molar-refractivity contribution >= 4 is 17.9 Å². The lowest BCUT2D eigenvalue weighted by Gasteiger charge is -2.18. The minimum atomic E-state index is -0.764. The smallest absolute Gasteiger partial charge is 0.306 e. The molecule has 0 aliphatic rings. The summed E-state index contributed by atoms with van der Waals surface area (Å²) in [6, 6.07) is 0. The summed E-state index contributed by atoms with van der Waals surface area (Å²) in [6.07, 6.45) is 50.9. The summed E-state index contributed by atoms with van der Waals surface area (Å²) < 4.78 is 16.9. The minimum Gasteiger partial charge on any atom is -0.462 e. The van der Waals surface area contributed by atoms with Crippen LogP contribution in [0.5, 0.6) is 0 Å². The average Bonchev–Trinajstić information content (AvgIpc) is 3.29. The summed E-state index contributed by atoms with van der Waals surface area (Å²) in [6.45, 7) is 13.8. The highest BCUT2D eigenvalue weighted by Crippen LogP contribution is 2.19. The van der Waals surface area contributed by atoms with Crippen LogP contribution in [0.3, 0.4) is 0 Å². The average molecular weight is 906 g/mol. The Morgan fingerprint density at radius 3 is 0.734 bits per heavy atom. The van der Waals surface area contributed by atoms with Crippen molar-refractivity contribution in [3.05, 3.63) is 0 Å². The molecular weight excluding hydrogens is 793 g/mol. The molecule has 0 amide bonds. The van der Waals surface area contributed by atoms with Crippen molar-refractivity contribution in [3.8, 4) is 0 Å². The Labute approximate surface area is 399 Å². The van der Waals surface area contributed by atoms with E-state index in [1.165, 1.54) is 199 Å². The highest BCUT2D eigenvalue weighted by atomic mass is 16.6. The van der Waals surface area contributed by atoms with Gasteiger partial charge in [-0.05, 0) is 37.0 Å². The van der Waals surface area contributed by atoms with Gasteiger partial charge in [0.2, 0.25) is 0 Å². The predicted molar refractivity (Wildman–Crippen MR) is 275 cm³/mol. The molecule has 6 heteroatoms. The fourth-order valence-corrected chi connectivity index (χ4v) is 8.73. The minimum absolute atomic E-state index is 0.0646. The highest BCUT2D eigenvalue weighted by molar-refractivity contribution is 5.71. The predicted octanol–water partition coefficient (Wildman–Crippen LogP) is 18.7. The van der Waals surface area contributed by atoms with E-state index in [1.54, 1.807) is 0 Å². The summed E-state index contributed by atoms with van der Waals surface area (Å²) >= 11 is 0. The third-order valence-corrected chi connectivity index (χ3v) is 14.2. The van der Waals surface area contributed by atoms with Crippen LogP contribution in [-0.4, -0.2) is 37.2 Å². The second kappa shape index (κ2) is 49.3. The van der Waals surface area contributed by atoms with Crippen LogP contribution in [0.25, 0.3) is 0 Å². The quantitative estimate of drug-likeness (QED) is 0.0344. The Bertz CT molecular complexity index is 997. The number of carbonyl (C=O) groups is 3. The van der Waals surface area contributed by atoms with Crippen LogP contribution >= 0.6 is 0 Å². The summed E-state index contributed by atoms with van der Waals surface area (Å²) in [5, 5.41) is 0. The maximum absolute atomic E-state index is 12.8. The van der Waals surface area contributed by atoms with Crippen molar-refractivity contribution in [1.29, 1.82) is 0 Å². The van der Waals surface area contributed by atoms with Crippen LogP contribution in [-0.2, 0) is 28.6 Å². The lowest BCUT2D eigenvalue weighted by Crippen LogP contribution is -2.30. The molecule has 0 bridgehead atoms. The summed E-state index contributed by atoms with van der Waals surface area (Å²) in [4.78, 5) is 38.0. The lowest BCUT2D eigenvalue weighted by atomic mass is 9.99. The van der Waals surface area contributed by atoms with Gasteiger partial charge >= 0.3 is 17.9 Å². The molecule has 0 fully saturated rings. The molecule has 0 saturated heterocycles. The molecule has 0 aromatic carbocycles. The van der Waals surface area contributed by atoms with Crippen molar-refractivity contribution in [1.82, 2.24) is 0 Å². The third-order valence-electron chi connectivity index (χ3n) is 14.2. The molecule has 0 aromatic heterocycles. The normalized spacial score (nSPS) is 13.4. The van der Waals surface area contributed by atoms with Crippen LogP contribution in [0.15, 0.2) is 0 Å². The Morgan fingerprint density at radius 2 is 0.500 bits per heavy atom. The molecule has 0 N–H and O–H groups in total. The van der Waals surface area contributed by atoms with Crippen molar-refractivity contribution in [2.45, 2.75) is 324 Å². The first-order chi connectivity index (χ1) is 31.2. The standard InChI is InChI=1S/C58H112O6/c1-7-52(4)44-38-32-26-22-18-16-14-12-10-11-13-15-17-19-24-28-35-41-47-56(59)62-50-55(51-63-57(60)48-42-36-31-30-34-40-46-54(6)9-3)64-58(61)49-43-37-29-25-21-20-23-27-33-39-45-53(5)8-2/h52-55H,7-51H2,1-6H3/t52?,53?,54?,55-/m0/s1. The molecule has 0 aliphatic carbocycles. The van der Waals surface area contributed by atoms with Gasteiger partial charge in [-0.15, -0.1) is 0 Å². The van der Waals surface area contributed by atoms with Gasteiger partial charge in [-0.25, -0.2) is 0 Å². The van der Waals surface area contributed by atoms with Gasteiger partial charge < -0.3 is 14.2 Å². The van der Waals surface area contributed by atoms with Crippen molar-refractivity contribution in [2.24, 2.45) is 17.8 Å². The van der Waals surface area contributed by atoms with Crippen LogP contribution in [0, 0.1) is 17.8 Å². The molecule has 0 spiro atoms. The molecular formula is C58H112O6. The molecule has 3 unspecified atom stereocenters. The molecule has 0 heterocycles. The maximum Gasteiger partial charge on any atom is 0.306 e. The number of rotatable bonds is 51. The second-order valence-electron chi connectivity index (χ2n) is 20.7. The zero-order valence-electron chi connectivity index (χ0n) is 44.1. The summed E-state index contributed by atoms with van der Waals surface area (Å²) in [7, 11) is 0. The molecule has 380 valence electrons. The van der Waals surface area contributed by atoms with Gasteiger partial charge in [0, 0.05) is 19.3 Å². The Hall–Kier alpha value is -1.59. The fourth-order valence-electron chi connectivity index (χ4n) is 8.73. The molecule has 0 aliphatic heterocycles. The summed E-state index contributed by atoms with van der Waals surface area (Å²) in [5.74, 6) is 1.74. The van der Waals surface area contributed by atoms with Crippen LogP contribution in [0.1, 0.15) is 318 Å². The van der Waals surface area contributed by atoms with E-state index >= 15 is 0 Å². The Morgan fingerprint density at radius 1 is 0.297 bits per heavy atom. The number of unbranched alkanes of at least 4 members (excludes halogenated alkanes) is 31. The topological polar surface area (TPSA) is 78.9 Å². The second-order valence-corrected chi connectivity index (χ2v) is 20.7. The lowest BCUT2D eigenvalue weighted by molar-refractivity contribution is -0.167. The number of ether oxygens (including phenoxy) is 3. The Kier molecular flexibility index (Phi) is 48.1. The molecule has 0 saturated carbocycles. The number of hydrogen-bond acceptors (Lipinski definition) is 6. The van der Waals surface area contributed by atoms with E-state index in [2.05, 4.69) is 41.5 Å². The first-order valence-electron chi connectivity index (χ1n) is 28.7. The first-order valence-corrected chi connectivity index (χ1v) is 28.7. The van der Waals surface area contributed by atoms with Gasteiger partial charge in [-0.2, -0.15) is 0 Å². The van der Waals surface area contributed by atoms with Gasteiger partial charge in [0.05, 0.1) is 0 Å².